The van der Waals surface area contributed by atoms with Crippen molar-refractivity contribution >= 4 is 22.6 Å². The summed E-state index contributed by atoms with van der Waals surface area (Å²) in [5.74, 6) is -27.3. The summed E-state index contributed by atoms with van der Waals surface area (Å²) in [6.45, 7) is 0.260. The third kappa shape index (κ3) is 2.60. The van der Waals surface area contributed by atoms with Crippen molar-refractivity contribution in [2.45, 2.75) is 40.7 Å². The van der Waals surface area contributed by atoms with Crippen LogP contribution in [0.15, 0.2) is 0 Å². The highest BCUT2D eigenvalue weighted by Gasteiger charge is 2.87. The van der Waals surface area contributed by atoms with Gasteiger partial charge in [0.25, 0.3) is 0 Å². The van der Waals surface area contributed by atoms with Gasteiger partial charge >= 0.3 is 29.9 Å². The Morgan fingerprint density at radius 3 is 1.16 bits per heavy atom. The van der Waals surface area contributed by atoms with E-state index in [1.54, 1.807) is 0 Å². The fourth-order valence-electron chi connectivity index (χ4n) is 0.834. The highest BCUT2D eigenvalue weighted by Crippen LogP contribution is 2.58. The first kappa shape index (κ1) is 19.0. The van der Waals surface area contributed by atoms with Crippen LogP contribution in [0.25, 0.3) is 0 Å². The van der Waals surface area contributed by atoms with Gasteiger partial charge < -0.3 is 0 Å². The Balaban J connectivity index is 5.92. The molecule has 0 aromatic heterocycles. The second-order valence-corrected chi connectivity index (χ2v) is 5.33. The quantitative estimate of drug-likeness (QED) is 0.342. The van der Waals surface area contributed by atoms with E-state index >= 15 is 0 Å². The van der Waals surface area contributed by atoms with E-state index in [1.807, 2.05) is 0 Å². The number of hydrogen-bond donors (Lipinski definition) is 0. The van der Waals surface area contributed by atoms with E-state index in [9.17, 15) is 48.3 Å². The molecule has 12 heteroatoms. The molecule has 0 spiro atoms. The molecule has 0 aromatic rings. The van der Waals surface area contributed by atoms with Crippen molar-refractivity contribution < 1.29 is 48.3 Å². The highest BCUT2D eigenvalue weighted by molar-refractivity contribution is 14.1. The van der Waals surface area contributed by atoms with Crippen molar-refractivity contribution in [3.05, 3.63) is 0 Å². The molecule has 1 unspecified atom stereocenters. The molecule has 0 heterocycles. The summed E-state index contributed by atoms with van der Waals surface area (Å²) in [4.78, 5) is 0. The van der Waals surface area contributed by atoms with E-state index in [0.29, 0.717) is 22.6 Å². The van der Waals surface area contributed by atoms with Gasteiger partial charge in [-0.15, -0.1) is 0 Å². The van der Waals surface area contributed by atoms with Gasteiger partial charge in [0, 0.05) is 0 Å². The van der Waals surface area contributed by atoms with Crippen LogP contribution in [-0.4, -0.2) is 33.8 Å². The molecule has 0 nitrogen and oxygen atoms in total. The van der Waals surface area contributed by atoms with E-state index in [-0.39, 0.29) is 6.92 Å². The summed E-state index contributed by atoms with van der Waals surface area (Å²) >= 11 is 0.510. The fourth-order valence-corrected chi connectivity index (χ4v) is 1.23. The van der Waals surface area contributed by atoms with E-state index in [0.717, 1.165) is 0 Å². The molecular formula is C7H4F11I. The Morgan fingerprint density at radius 2 is 0.947 bits per heavy atom. The molecule has 0 saturated carbocycles. The Kier molecular flexibility index (Phi) is 4.75. The lowest BCUT2D eigenvalue weighted by Crippen LogP contribution is -2.67. The van der Waals surface area contributed by atoms with Crippen LogP contribution in [0.2, 0.25) is 0 Å². The Labute approximate surface area is 112 Å². The second kappa shape index (κ2) is 4.76. The van der Waals surface area contributed by atoms with Crippen molar-refractivity contribution in [1.29, 1.82) is 0 Å². The third-order valence-corrected chi connectivity index (χ3v) is 2.85. The molecule has 0 rings (SSSR count). The molecule has 0 aliphatic heterocycles. The van der Waals surface area contributed by atoms with Gasteiger partial charge in [-0.2, -0.15) is 48.3 Å². The molecular weight excluding hydrogens is 420 g/mol. The van der Waals surface area contributed by atoms with Crippen molar-refractivity contribution in [2.24, 2.45) is 0 Å². The molecule has 19 heavy (non-hydrogen) atoms. The van der Waals surface area contributed by atoms with Crippen LogP contribution in [-0.2, 0) is 0 Å². The van der Waals surface area contributed by atoms with E-state index in [1.165, 1.54) is 0 Å². The number of halogens is 12. The van der Waals surface area contributed by atoms with Crippen molar-refractivity contribution in [1.82, 2.24) is 0 Å². The van der Waals surface area contributed by atoms with Crippen LogP contribution in [0.4, 0.5) is 48.3 Å². The largest absolute Gasteiger partial charge is 0.460 e. The molecule has 0 saturated heterocycles. The number of alkyl halides is 12. The lowest BCUT2D eigenvalue weighted by Gasteiger charge is -2.38. The fraction of sp³-hybridized carbons (Fsp3) is 1.00. The van der Waals surface area contributed by atoms with E-state index < -0.39 is 33.8 Å². The molecule has 0 radical (unpaired) electrons. The summed E-state index contributed by atoms with van der Waals surface area (Å²) in [7, 11) is 0. The summed E-state index contributed by atoms with van der Waals surface area (Å²) in [6.07, 6.45) is -7.11. The zero-order valence-corrected chi connectivity index (χ0v) is 10.8. The minimum absolute atomic E-state index is 0.260. The third-order valence-electron chi connectivity index (χ3n) is 2.06. The smallest absolute Gasteiger partial charge is 0.198 e. The monoisotopic (exact) mass is 424 g/mol. The zero-order valence-electron chi connectivity index (χ0n) is 8.61. The van der Waals surface area contributed by atoms with Crippen LogP contribution in [0.1, 0.15) is 6.92 Å². The predicted octanol–water partition coefficient (Wildman–Crippen LogP) is 4.91. The van der Waals surface area contributed by atoms with E-state index in [4.69, 9.17) is 0 Å². The maximum Gasteiger partial charge on any atom is 0.460 e. The molecule has 0 aliphatic rings. The van der Waals surface area contributed by atoms with Gasteiger partial charge in [0.05, 0.1) is 3.92 Å². The van der Waals surface area contributed by atoms with Crippen molar-refractivity contribution in [2.75, 3.05) is 0 Å². The average molecular weight is 424 g/mol. The van der Waals surface area contributed by atoms with Crippen LogP contribution < -0.4 is 0 Å². The molecule has 0 amide bonds. The molecule has 0 bridgehead atoms. The van der Waals surface area contributed by atoms with Gasteiger partial charge in [0.15, 0.2) is 0 Å². The maximum atomic E-state index is 12.8. The first-order chi connectivity index (χ1) is 7.94. The minimum atomic E-state index is -7.31. The summed E-state index contributed by atoms with van der Waals surface area (Å²) in [6, 6.07) is 0. The van der Waals surface area contributed by atoms with Gasteiger partial charge in [0.1, 0.15) is 0 Å². The molecule has 1 atom stereocenters. The lowest BCUT2D eigenvalue weighted by atomic mass is 9.96. The molecule has 0 fully saturated rings. The second-order valence-electron chi connectivity index (χ2n) is 3.46. The van der Waals surface area contributed by atoms with Gasteiger partial charge in [-0.3, -0.25) is 0 Å². The zero-order chi connectivity index (χ0) is 16.1. The summed E-state index contributed by atoms with van der Waals surface area (Å²) in [5.41, 5.74) is 0. The molecule has 0 N–H and O–H groups in total. The minimum Gasteiger partial charge on any atom is -0.198 e. The molecule has 116 valence electrons. The van der Waals surface area contributed by atoms with Gasteiger partial charge in [-0.05, 0) is 6.92 Å². The number of rotatable bonds is 4. The topological polar surface area (TPSA) is 0 Å². The predicted molar refractivity (Wildman–Crippen MR) is 49.3 cm³/mol. The lowest BCUT2D eigenvalue weighted by molar-refractivity contribution is -0.421. The summed E-state index contributed by atoms with van der Waals surface area (Å²) in [5, 5.41) is 0. The molecule has 0 aliphatic carbocycles. The SMILES string of the molecule is CC(I)C(F)(F)C(F)(F)C(F)(F)C(F)(F)C(F)(F)F. The first-order valence-corrected chi connectivity index (χ1v) is 5.41. The maximum absolute atomic E-state index is 12.8. The normalized spacial score (nSPS) is 17.5. The Hall–Kier alpha value is -0.0400. The van der Waals surface area contributed by atoms with Gasteiger partial charge in [-0.25, -0.2) is 0 Å². The Bertz CT molecular complexity index is 328. The average Bonchev–Trinajstić information content (AvgIpc) is 2.14. The standard InChI is InChI=1S/C7H4F11I/c1-2(19)3(8,9)4(10,11)5(12,13)6(14,15)7(16,17)18/h2H,1H3. The van der Waals surface area contributed by atoms with Crippen LogP contribution in [0, 0.1) is 0 Å². The van der Waals surface area contributed by atoms with Crippen LogP contribution >= 0.6 is 22.6 Å². The molecule has 0 aromatic carbocycles. The Morgan fingerprint density at radius 1 is 0.632 bits per heavy atom. The van der Waals surface area contributed by atoms with E-state index in [2.05, 4.69) is 0 Å². The highest BCUT2D eigenvalue weighted by atomic mass is 127. The van der Waals surface area contributed by atoms with Crippen LogP contribution in [0.5, 0.6) is 0 Å². The van der Waals surface area contributed by atoms with Crippen molar-refractivity contribution in [3.63, 3.8) is 0 Å². The van der Waals surface area contributed by atoms with Crippen molar-refractivity contribution in [3.8, 4) is 0 Å². The van der Waals surface area contributed by atoms with Crippen LogP contribution in [0.3, 0.4) is 0 Å². The first-order valence-electron chi connectivity index (χ1n) is 4.16. The van der Waals surface area contributed by atoms with Gasteiger partial charge in [0.2, 0.25) is 0 Å². The van der Waals surface area contributed by atoms with Gasteiger partial charge in [-0.1, -0.05) is 22.6 Å². The number of hydrogen-bond acceptors (Lipinski definition) is 0. The summed E-state index contributed by atoms with van der Waals surface area (Å²) < 4.78 is 133.